The van der Waals surface area contributed by atoms with Gasteiger partial charge in [-0.2, -0.15) is 0 Å². The molecule has 6 nitrogen and oxygen atoms in total. The number of benzene rings is 2. The van der Waals surface area contributed by atoms with E-state index in [1.807, 2.05) is 39.8 Å². The summed E-state index contributed by atoms with van der Waals surface area (Å²) in [4.78, 5) is 16.9. The predicted molar refractivity (Wildman–Crippen MR) is 110 cm³/mol. The van der Waals surface area contributed by atoms with Crippen molar-refractivity contribution in [2.45, 2.75) is 27.7 Å². The number of aromatic hydroxyl groups is 1. The lowest BCUT2D eigenvalue weighted by atomic mass is 10.1. The molecule has 1 amide bonds. The van der Waals surface area contributed by atoms with Crippen molar-refractivity contribution >= 4 is 44.2 Å². The highest BCUT2D eigenvalue weighted by Gasteiger charge is 2.26. The average Bonchev–Trinajstić information content (AvgIpc) is 3.10. The second kappa shape index (κ2) is 5.72. The maximum atomic E-state index is 12.2. The van der Waals surface area contributed by atoms with Gasteiger partial charge in [-0.05, 0) is 51.0 Å². The molecular formula is C20H20N4O2S. The van der Waals surface area contributed by atoms with Gasteiger partial charge in [-0.15, -0.1) is 11.3 Å². The molecule has 0 bridgehead atoms. The van der Waals surface area contributed by atoms with Gasteiger partial charge in [0.1, 0.15) is 17.1 Å². The highest BCUT2D eigenvalue weighted by atomic mass is 32.1. The summed E-state index contributed by atoms with van der Waals surface area (Å²) < 4.78 is 2.85. The molecular weight excluding hydrogens is 360 g/mol. The third-order valence-electron chi connectivity index (χ3n) is 5.00. The number of phenolic OH excluding ortho intramolecular Hbond substituents is 1. The number of anilines is 1. The number of nitrogen functional groups attached to an aromatic ring is 1. The van der Waals surface area contributed by atoms with Crippen LogP contribution in [0.2, 0.25) is 0 Å². The van der Waals surface area contributed by atoms with Gasteiger partial charge in [0, 0.05) is 10.9 Å². The zero-order valence-corrected chi connectivity index (χ0v) is 16.4. The van der Waals surface area contributed by atoms with Crippen LogP contribution in [0.15, 0.2) is 18.2 Å². The van der Waals surface area contributed by atoms with E-state index in [0.717, 1.165) is 37.6 Å². The normalized spacial score (nSPS) is 11.6. The summed E-state index contributed by atoms with van der Waals surface area (Å²) in [6.07, 6.45) is 0. The van der Waals surface area contributed by atoms with Gasteiger partial charge in [0.05, 0.1) is 26.5 Å². The van der Waals surface area contributed by atoms with E-state index >= 15 is 0 Å². The summed E-state index contributed by atoms with van der Waals surface area (Å²) in [6.45, 7) is 7.70. The third-order valence-corrected chi connectivity index (χ3v) is 6.10. The van der Waals surface area contributed by atoms with Crippen molar-refractivity contribution < 1.29 is 9.90 Å². The van der Waals surface area contributed by atoms with Gasteiger partial charge in [-0.25, -0.2) is 4.98 Å². The minimum absolute atomic E-state index is 0.162. The van der Waals surface area contributed by atoms with Gasteiger partial charge in [-0.3, -0.25) is 9.36 Å². The van der Waals surface area contributed by atoms with Crippen LogP contribution in [0.4, 0.5) is 5.82 Å². The van der Waals surface area contributed by atoms with E-state index in [2.05, 4.69) is 0 Å². The number of fused-ring (bicyclic) bond motifs is 3. The molecule has 0 aliphatic rings. The molecule has 7 heteroatoms. The van der Waals surface area contributed by atoms with Gasteiger partial charge in [0.25, 0.3) is 5.91 Å². The van der Waals surface area contributed by atoms with Crippen molar-refractivity contribution in [3.63, 3.8) is 0 Å². The van der Waals surface area contributed by atoms with E-state index in [9.17, 15) is 9.90 Å². The minimum atomic E-state index is -0.586. The van der Waals surface area contributed by atoms with Gasteiger partial charge in [0.2, 0.25) is 0 Å². The van der Waals surface area contributed by atoms with Crippen molar-refractivity contribution in [3.8, 4) is 11.4 Å². The largest absolute Gasteiger partial charge is 0.508 e. The molecule has 0 spiro atoms. The number of carbonyl (C=O) groups excluding carboxylic acids is 1. The Labute approximate surface area is 160 Å². The van der Waals surface area contributed by atoms with E-state index in [-0.39, 0.29) is 17.1 Å². The van der Waals surface area contributed by atoms with E-state index in [0.29, 0.717) is 10.9 Å². The van der Waals surface area contributed by atoms with Crippen LogP contribution in [-0.2, 0) is 0 Å². The standard InChI is InChI=1S/C20H20N4O2S/c1-8-5-6-13(25)10(3)16(8)24-17-12(14(19(24)21)20(22)26)7-9(2)18-15(17)23-11(4)27-18/h5-7,25H,21H2,1-4H3,(H2,22,26). The number of hydrogen-bond acceptors (Lipinski definition) is 5. The number of rotatable bonds is 2. The fraction of sp³-hybridized carbons (Fsp3) is 0.200. The molecule has 0 radical (unpaired) electrons. The van der Waals surface area contributed by atoms with Crippen LogP contribution >= 0.6 is 11.3 Å². The average molecular weight is 380 g/mol. The minimum Gasteiger partial charge on any atom is -0.508 e. The molecule has 0 aliphatic carbocycles. The first-order valence-electron chi connectivity index (χ1n) is 8.52. The van der Waals surface area contributed by atoms with Crippen LogP contribution in [0.1, 0.15) is 32.1 Å². The Morgan fingerprint density at radius 2 is 1.89 bits per heavy atom. The first kappa shape index (κ1) is 17.4. The van der Waals surface area contributed by atoms with Crippen molar-refractivity contribution in [1.82, 2.24) is 9.55 Å². The molecule has 0 aliphatic heterocycles. The highest BCUT2D eigenvalue weighted by Crippen LogP contribution is 2.41. The maximum Gasteiger partial charge on any atom is 0.253 e. The summed E-state index contributed by atoms with van der Waals surface area (Å²) in [5, 5.41) is 11.9. The summed E-state index contributed by atoms with van der Waals surface area (Å²) in [5.41, 5.74) is 17.3. The number of aryl methyl sites for hydroxylation is 3. The molecule has 0 saturated carbocycles. The fourth-order valence-corrected chi connectivity index (χ4v) is 4.67. The van der Waals surface area contributed by atoms with Gasteiger partial charge in [-0.1, -0.05) is 6.07 Å². The lowest BCUT2D eigenvalue weighted by molar-refractivity contribution is 0.100. The lowest BCUT2D eigenvalue weighted by Crippen LogP contribution is -2.14. The molecule has 0 unspecified atom stereocenters. The molecule has 2 aromatic heterocycles. The van der Waals surface area contributed by atoms with Crippen molar-refractivity contribution in [3.05, 3.63) is 45.5 Å². The summed E-state index contributed by atoms with van der Waals surface area (Å²) in [7, 11) is 0. The first-order valence-corrected chi connectivity index (χ1v) is 9.34. The Bertz CT molecular complexity index is 1270. The Morgan fingerprint density at radius 3 is 2.56 bits per heavy atom. The second-order valence-electron chi connectivity index (χ2n) is 6.84. The number of hydrogen-bond donors (Lipinski definition) is 3. The third kappa shape index (κ3) is 2.31. The Morgan fingerprint density at radius 1 is 1.19 bits per heavy atom. The predicted octanol–water partition coefficient (Wildman–Crippen LogP) is 3.86. The molecule has 27 heavy (non-hydrogen) atoms. The number of carbonyl (C=O) groups is 1. The molecule has 0 saturated heterocycles. The summed E-state index contributed by atoms with van der Waals surface area (Å²) >= 11 is 1.60. The van der Waals surface area contributed by atoms with Crippen molar-refractivity contribution in [2.24, 2.45) is 5.73 Å². The molecule has 2 aromatic carbocycles. The molecule has 0 fully saturated rings. The zero-order valence-electron chi connectivity index (χ0n) is 15.5. The van der Waals surface area contributed by atoms with Gasteiger partial charge in [0.15, 0.2) is 0 Å². The second-order valence-corrected chi connectivity index (χ2v) is 8.04. The van der Waals surface area contributed by atoms with Crippen LogP contribution < -0.4 is 11.5 Å². The molecule has 4 rings (SSSR count). The molecule has 4 aromatic rings. The lowest BCUT2D eigenvalue weighted by Gasteiger charge is -2.16. The summed E-state index contributed by atoms with van der Waals surface area (Å²) in [5.74, 6) is -0.167. The number of primary amides is 1. The van der Waals surface area contributed by atoms with Gasteiger partial charge >= 0.3 is 0 Å². The number of aromatic nitrogens is 2. The topological polar surface area (TPSA) is 107 Å². The number of phenols is 1. The number of amides is 1. The fourth-order valence-electron chi connectivity index (χ4n) is 3.78. The Balaban J connectivity index is 2.32. The molecule has 2 heterocycles. The monoisotopic (exact) mass is 380 g/mol. The molecule has 0 atom stereocenters. The Hall–Kier alpha value is -3.06. The smallest absolute Gasteiger partial charge is 0.253 e. The Kier molecular flexibility index (Phi) is 3.68. The van der Waals surface area contributed by atoms with Gasteiger partial charge < -0.3 is 16.6 Å². The van der Waals surface area contributed by atoms with E-state index < -0.39 is 5.91 Å². The van der Waals surface area contributed by atoms with Crippen molar-refractivity contribution in [1.29, 1.82) is 0 Å². The van der Waals surface area contributed by atoms with E-state index in [4.69, 9.17) is 16.5 Å². The quantitative estimate of drug-likeness (QED) is 0.491. The van der Waals surface area contributed by atoms with E-state index in [1.165, 1.54) is 0 Å². The van der Waals surface area contributed by atoms with Crippen LogP contribution in [0, 0.1) is 27.7 Å². The number of thiazole rings is 1. The highest BCUT2D eigenvalue weighted by molar-refractivity contribution is 7.18. The molecule has 138 valence electrons. The summed E-state index contributed by atoms with van der Waals surface area (Å²) in [6, 6.07) is 5.41. The first-order chi connectivity index (χ1) is 12.7. The SMILES string of the molecule is Cc1nc2c(s1)c(C)cc1c(C(N)=O)c(N)n(-c3c(C)ccc(O)c3C)c12. The van der Waals surface area contributed by atoms with Crippen LogP contribution in [0.3, 0.4) is 0 Å². The maximum absolute atomic E-state index is 12.2. The van der Waals surface area contributed by atoms with E-state index in [1.54, 1.807) is 22.0 Å². The number of nitrogens with zero attached hydrogens (tertiary/aromatic N) is 2. The van der Waals surface area contributed by atoms with Crippen molar-refractivity contribution in [2.75, 3.05) is 5.73 Å². The van der Waals surface area contributed by atoms with Crippen LogP contribution in [0.5, 0.6) is 5.75 Å². The molecule has 5 N–H and O–H groups in total. The van der Waals surface area contributed by atoms with Crippen LogP contribution in [0.25, 0.3) is 26.8 Å². The van der Waals surface area contributed by atoms with Crippen LogP contribution in [-0.4, -0.2) is 20.6 Å². The number of nitrogens with two attached hydrogens (primary N) is 2. The zero-order chi connectivity index (χ0) is 19.6.